The number of nitrogens with one attached hydrogen (secondary N) is 1. The van der Waals surface area contributed by atoms with Crippen LogP contribution in [-0.2, 0) is 4.74 Å². The van der Waals surface area contributed by atoms with Gasteiger partial charge in [-0.25, -0.2) is 19.3 Å². The molecule has 2 aliphatic rings. The third-order valence-corrected chi connectivity index (χ3v) is 6.43. The van der Waals surface area contributed by atoms with Gasteiger partial charge in [0.15, 0.2) is 5.65 Å². The molecule has 6 rings (SSSR count). The Labute approximate surface area is 190 Å². The van der Waals surface area contributed by atoms with Gasteiger partial charge in [0, 0.05) is 37.9 Å². The number of anilines is 2. The van der Waals surface area contributed by atoms with Crippen LogP contribution >= 0.6 is 0 Å². The van der Waals surface area contributed by atoms with Crippen LogP contribution in [0.15, 0.2) is 36.4 Å². The smallest absolute Gasteiger partial charge is 0.160 e. The number of aromatic nitrogens is 5. The number of aryl methyl sites for hydroxylation is 1. The molecule has 33 heavy (non-hydrogen) atoms. The van der Waals surface area contributed by atoms with Crippen molar-refractivity contribution in [2.75, 3.05) is 36.5 Å². The van der Waals surface area contributed by atoms with E-state index in [0.29, 0.717) is 31.2 Å². The lowest BCUT2D eigenvalue weighted by atomic mass is 10.1. The van der Waals surface area contributed by atoms with Gasteiger partial charge in [-0.2, -0.15) is 9.61 Å². The van der Waals surface area contributed by atoms with E-state index in [2.05, 4.69) is 5.32 Å². The highest BCUT2D eigenvalue weighted by Crippen LogP contribution is 2.29. The average Bonchev–Trinajstić information content (AvgIpc) is 3.45. The normalized spacial score (nSPS) is 19.6. The maximum absolute atomic E-state index is 13.9. The highest BCUT2D eigenvalue weighted by Gasteiger charge is 2.25. The van der Waals surface area contributed by atoms with Crippen LogP contribution in [0, 0.1) is 6.92 Å². The van der Waals surface area contributed by atoms with Crippen LogP contribution in [0.4, 0.5) is 16.0 Å². The second-order valence-corrected chi connectivity index (χ2v) is 8.81. The lowest BCUT2D eigenvalue weighted by Crippen LogP contribution is -2.29. The Morgan fingerprint density at radius 3 is 2.58 bits per heavy atom. The Morgan fingerprint density at radius 1 is 1.03 bits per heavy atom. The number of nitrogens with zero attached hydrogens (tertiary/aromatic N) is 6. The molecule has 2 saturated heterocycles. The number of para-hydroxylation sites is 2. The molecular weight excluding hydrogens is 421 g/mol. The van der Waals surface area contributed by atoms with E-state index in [-0.39, 0.29) is 0 Å². The lowest BCUT2D eigenvalue weighted by Gasteiger charge is -2.25. The molecule has 0 radical (unpaired) electrons. The molecule has 4 aromatic rings. The number of benzene rings is 1. The van der Waals surface area contributed by atoms with E-state index >= 15 is 0 Å². The third kappa shape index (κ3) is 3.86. The summed E-state index contributed by atoms with van der Waals surface area (Å²) in [5, 5.41) is 8.50. The molecule has 1 unspecified atom stereocenters. The molecule has 5 heterocycles. The van der Waals surface area contributed by atoms with E-state index in [4.69, 9.17) is 24.8 Å². The second kappa shape index (κ2) is 8.22. The maximum Gasteiger partial charge on any atom is 0.160 e. The first-order valence-corrected chi connectivity index (χ1v) is 11.5. The molecule has 0 saturated carbocycles. The first kappa shape index (κ1) is 20.3. The minimum Gasteiger partial charge on any atom is -0.381 e. The molecule has 2 fully saturated rings. The topological polar surface area (TPSA) is 80.5 Å². The van der Waals surface area contributed by atoms with Gasteiger partial charge in [-0.3, -0.25) is 0 Å². The van der Waals surface area contributed by atoms with Gasteiger partial charge in [-0.05, 0) is 38.3 Å². The molecule has 1 N–H and O–H groups in total. The van der Waals surface area contributed by atoms with Crippen molar-refractivity contribution in [1.82, 2.24) is 24.6 Å². The third-order valence-electron chi connectivity index (χ3n) is 6.43. The number of alkyl halides is 1. The van der Waals surface area contributed by atoms with Crippen molar-refractivity contribution in [3.63, 3.8) is 0 Å². The quantitative estimate of drug-likeness (QED) is 0.510. The van der Waals surface area contributed by atoms with Crippen molar-refractivity contribution in [3.8, 4) is 11.4 Å². The molecule has 1 aromatic carbocycles. The lowest BCUT2D eigenvalue weighted by molar-refractivity contribution is 0.0903. The molecule has 9 heteroatoms. The monoisotopic (exact) mass is 447 g/mol. The number of hydrogen-bond donors (Lipinski definition) is 1. The van der Waals surface area contributed by atoms with Crippen LogP contribution in [0.1, 0.15) is 25.0 Å². The number of ether oxygens (including phenoxy) is 1. The summed E-state index contributed by atoms with van der Waals surface area (Å²) in [7, 11) is 0. The first-order valence-electron chi connectivity index (χ1n) is 11.5. The van der Waals surface area contributed by atoms with Gasteiger partial charge in [0.25, 0.3) is 0 Å². The molecule has 0 aliphatic carbocycles. The van der Waals surface area contributed by atoms with E-state index < -0.39 is 6.17 Å². The molecule has 2 aliphatic heterocycles. The van der Waals surface area contributed by atoms with Gasteiger partial charge < -0.3 is 15.0 Å². The fourth-order valence-electron chi connectivity index (χ4n) is 4.65. The van der Waals surface area contributed by atoms with Gasteiger partial charge in [-0.1, -0.05) is 12.1 Å². The van der Waals surface area contributed by atoms with E-state index in [9.17, 15) is 4.39 Å². The van der Waals surface area contributed by atoms with Gasteiger partial charge in [0.2, 0.25) is 0 Å². The van der Waals surface area contributed by atoms with Crippen LogP contribution in [0.25, 0.3) is 28.1 Å². The fourth-order valence-corrected chi connectivity index (χ4v) is 4.65. The highest BCUT2D eigenvalue weighted by atomic mass is 19.1. The summed E-state index contributed by atoms with van der Waals surface area (Å²) in [6.07, 6.45) is 1.58. The zero-order chi connectivity index (χ0) is 22.4. The Hall–Kier alpha value is -3.33. The number of hydrogen-bond acceptors (Lipinski definition) is 7. The van der Waals surface area contributed by atoms with Crippen LogP contribution in [0.2, 0.25) is 0 Å². The van der Waals surface area contributed by atoms with Gasteiger partial charge in [0.1, 0.15) is 29.2 Å². The van der Waals surface area contributed by atoms with Gasteiger partial charge >= 0.3 is 0 Å². The van der Waals surface area contributed by atoms with Crippen molar-refractivity contribution in [1.29, 1.82) is 0 Å². The fraction of sp³-hybridized carbons (Fsp3) is 0.417. The first-order chi connectivity index (χ1) is 16.1. The predicted molar refractivity (Wildman–Crippen MR) is 125 cm³/mol. The summed E-state index contributed by atoms with van der Waals surface area (Å²) in [4.78, 5) is 16.4. The number of rotatable bonds is 4. The maximum atomic E-state index is 13.9. The Bertz CT molecular complexity index is 1320. The zero-order valence-electron chi connectivity index (χ0n) is 18.5. The van der Waals surface area contributed by atoms with Crippen molar-refractivity contribution >= 4 is 28.3 Å². The molecule has 8 nitrogen and oxygen atoms in total. The van der Waals surface area contributed by atoms with Gasteiger partial charge in [-0.15, -0.1) is 0 Å². The van der Waals surface area contributed by atoms with E-state index in [1.165, 1.54) is 0 Å². The minimum absolute atomic E-state index is 0.291. The summed E-state index contributed by atoms with van der Waals surface area (Å²) in [6, 6.07) is 12.0. The molecule has 0 spiro atoms. The minimum atomic E-state index is -0.814. The van der Waals surface area contributed by atoms with E-state index in [1.807, 2.05) is 52.7 Å². The number of fused-ring (bicyclic) bond motifs is 2. The summed E-state index contributed by atoms with van der Waals surface area (Å²) < 4.78 is 21.3. The Morgan fingerprint density at radius 2 is 1.82 bits per heavy atom. The van der Waals surface area contributed by atoms with E-state index in [0.717, 1.165) is 65.8 Å². The number of halogens is 1. The van der Waals surface area contributed by atoms with Crippen molar-refractivity contribution in [2.45, 2.75) is 38.4 Å². The average molecular weight is 448 g/mol. The summed E-state index contributed by atoms with van der Waals surface area (Å²) in [6.45, 7) is 4.47. The van der Waals surface area contributed by atoms with Crippen molar-refractivity contribution in [2.24, 2.45) is 0 Å². The van der Waals surface area contributed by atoms with Crippen molar-refractivity contribution < 1.29 is 9.13 Å². The highest BCUT2D eigenvalue weighted by molar-refractivity contribution is 5.78. The van der Waals surface area contributed by atoms with Crippen LogP contribution in [-0.4, -0.2) is 63.1 Å². The van der Waals surface area contributed by atoms with E-state index in [1.54, 1.807) is 0 Å². The predicted octanol–water partition coefficient (Wildman–Crippen LogP) is 3.79. The van der Waals surface area contributed by atoms with Crippen molar-refractivity contribution in [3.05, 3.63) is 42.1 Å². The summed E-state index contributed by atoms with van der Waals surface area (Å²) in [5.41, 5.74) is 4.66. The standard InChI is InChI=1S/C24H26FN7O/c1-15-24(28-19-5-3-2-4-18(19)26-15)20-12-22-29-21(31-9-6-16(25)14-31)13-23(32(22)30-20)27-17-7-10-33-11-8-17/h2-5,12-13,16-17,27H,6-11,14H2,1H3. The molecule has 170 valence electrons. The van der Waals surface area contributed by atoms with Gasteiger partial charge in [0.05, 0.1) is 23.3 Å². The summed E-state index contributed by atoms with van der Waals surface area (Å²) in [5.74, 6) is 1.62. The largest absolute Gasteiger partial charge is 0.381 e. The second-order valence-electron chi connectivity index (χ2n) is 8.81. The zero-order valence-corrected chi connectivity index (χ0v) is 18.5. The molecular formula is C24H26FN7O. The van der Waals surface area contributed by atoms with Crippen LogP contribution < -0.4 is 10.2 Å². The van der Waals surface area contributed by atoms with Crippen LogP contribution in [0.5, 0.6) is 0 Å². The summed E-state index contributed by atoms with van der Waals surface area (Å²) >= 11 is 0. The Balaban J connectivity index is 1.45. The molecule has 1 atom stereocenters. The molecule has 0 bridgehead atoms. The Kier molecular flexibility index (Phi) is 5.05. The van der Waals surface area contributed by atoms with Crippen LogP contribution in [0.3, 0.4) is 0 Å². The molecule has 0 amide bonds. The SMILES string of the molecule is Cc1nc2ccccc2nc1-c1cc2nc(N3CCC(F)C3)cc(NC3CCOCC3)n2n1. The molecule has 3 aromatic heterocycles.